The van der Waals surface area contributed by atoms with Gasteiger partial charge in [-0.25, -0.2) is 4.90 Å². The van der Waals surface area contributed by atoms with Crippen LogP contribution in [0.15, 0.2) is 24.3 Å². The molecule has 0 aromatic heterocycles. The zero-order valence-corrected chi connectivity index (χ0v) is 12.0. The predicted octanol–water partition coefficient (Wildman–Crippen LogP) is 1.04. The lowest BCUT2D eigenvalue weighted by molar-refractivity contribution is -0.919. The van der Waals surface area contributed by atoms with Crippen LogP contribution in [0, 0.1) is 0 Å². The molecule has 1 N–H and O–H groups in total. The molecule has 2 aliphatic rings. The lowest BCUT2D eigenvalue weighted by Gasteiger charge is -2.27. The van der Waals surface area contributed by atoms with Crippen molar-refractivity contribution < 1.29 is 14.5 Å². The number of likely N-dealkylation sites (tertiary alicyclic amines) is 1. The van der Waals surface area contributed by atoms with Gasteiger partial charge in [0, 0.05) is 5.02 Å². The third-order valence-corrected chi connectivity index (χ3v) is 4.44. The molecule has 0 unspecified atom stereocenters. The number of halogens is 1. The van der Waals surface area contributed by atoms with Gasteiger partial charge in [-0.3, -0.25) is 9.59 Å². The van der Waals surface area contributed by atoms with Crippen molar-refractivity contribution in [2.24, 2.45) is 0 Å². The Labute approximate surface area is 123 Å². The molecule has 0 spiro atoms. The zero-order valence-electron chi connectivity index (χ0n) is 11.3. The molecular weight excluding hydrogens is 276 g/mol. The summed E-state index contributed by atoms with van der Waals surface area (Å²) >= 11 is 5.95. The van der Waals surface area contributed by atoms with Crippen molar-refractivity contribution in [2.75, 3.05) is 18.0 Å². The fraction of sp³-hybridized carbons (Fsp3) is 0.467. The molecular formula is C15H18ClN2O2+. The number of piperidine rings is 1. The van der Waals surface area contributed by atoms with E-state index in [1.54, 1.807) is 24.3 Å². The van der Waals surface area contributed by atoms with Gasteiger partial charge < -0.3 is 4.90 Å². The van der Waals surface area contributed by atoms with Crippen molar-refractivity contribution in [1.82, 2.24) is 0 Å². The summed E-state index contributed by atoms with van der Waals surface area (Å²) in [4.78, 5) is 27.3. The molecule has 3 rings (SSSR count). The lowest BCUT2D eigenvalue weighted by atomic mass is 10.1. The van der Waals surface area contributed by atoms with Crippen LogP contribution in [0.1, 0.15) is 25.7 Å². The van der Waals surface area contributed by atoms with Crippen LogP contribution in [-0.4, -0.2) is 30.9 Å². The maximum Gasteiger partial charge on any atom is 0.292 e. The fourth-order valence-corrected chi connectivity index (χ4v) is 3.38. The molecule has 1 atom stereocenters. The number of imide groups is 1. The Morgan fingerprint density at radius 2 is 1.90 bits per heavy atom. The molecule has 2 heterocycles. The fourth-order valence-electron chi connectivity index (χ4n) is 3.19. The highest BCUT2D eigenvalue weighted by Gasteiger charge is 2.45. The smallest absolute Gasteiger partial charge is 0.292 e. The normalized spacial score (nSPS) is 24.4. The van der Waals surface area contributed by atoms with Crippen molar-refractivity contribution in [3.05, 3.63) is 29.3 Å². The number of quaternary nitrogens is 1. The van der Waals surface area contributed by atoms with Crippen molar-refractivity contribution in [2.45, 2.75) is 31.7 Å². The summed E-state index contributed by atoms with van der Waals surface area (Å²) in [7, 11) is 0. The van der Waals surface area contributed by atoms with E-state index in [0.717, 1.165) is 25.9 Å². The molecule has 0 radical (unpaired) electrons. The van der Waals surface area contributed by atoms with Crippen molar-refractivity contribution >= 4 is 29.1 Å². The number of nitrogens with zero attached hydrogens (tertiary/aromatic N) is 1. The quantitative estimate of drug-likeness (QED) is 0.828. The molecule has 20 heavy (non-hydrogen) atoms. The van der Waals surface area contributed by atoms with E-state index in [2.05, 4.69) is 0 Å². The van der Waals surface area contributed by atoms with Gasteiger partial charge in [0.15, 0.2) is 6.04 Å². The summed E-state index contributed by atoms with van der Waals surface area (Å²) in [6, 6.07) is 6.73. The molecule has 2 saturated heterocycles. The number of anilines is 1. The molecule has 2 amide bonds. The number of carbonyl (C=O) groups excluding carboxylic acids is 2. The van der Waals surface area contributed by atoms with Gasteiger partial charge >= 0.3 is 0 Å². The van der Waals surface area contributed by atoms with E-state index >= 15 is 0 Å². The minimum Gasteiger partial charge on any atom is -0.324 e. The van der Waals surface area contributed by atoms with Gasteiger partial charge in [-0.05, 0) is 37.5 Å². The average Bonchev–Trinajstić information content (AvgIpc) is 2.75. The van der Waals surface area contributed by atoms with E-state index < -0.39 is 0 Å². The molecule has 0 aliphatic carbocycles. The lowest BCUT2D eigenvalue weighted by Crippen LogP contribution is -3.17. The number of nitrogens with one attached hydrogen (secondary N) is 1. The van der Waals surface area contributed by atoms with Crippen LogP contribution in [-0.2, 0) is 9.59 Å². The Balaban J connectivity index is 1.83. The molecule has 0 saturated carbocycles. The van der Waals surface area contributed by atoms with E-state index in [0.29, 0.717) is 17.1 Å². The monoisotopic (exact) mass is 293 g/mol. The van der Waals surface area contributed by atoms with Gasteiger partial charge in [-0.1, -0.05) is 17.7 Å². The average molecular weight is 294 g/mol. The summed E-state index contributed by atoms with van der Waals surface area (Å²) in [5.74, 6) is -0.186. The second-order valence-corrected chi connectivity index (χ2v) is 5.96. The number of benzene rings is 1. The predicted molar refractivity (Wildman–Crippen MR) is 76.9 cm³/mol. The van der Waals surface area contributed by atoms with Crippen LogP contribution in [0.2, 0.25) is 5.02 Å². The molecule has 2 fully saturated rings. The molecule has 0 bridgehead atoms. The van der Waals surface area contributed by atoms with Gasteiger partial charge in [0.25, 0.3) is 5.91 Å². The van der Waals surface area contributed by atoms with Crippen LogP contribution < -0.4 is 9.80 Å². The number of hydrogen-bond donors (Lipinski definition) is 1. The minimum atomic E-state index is -0.207. The minimum absolute atomic E-state index is 0.0748. The highest BCUT2D eigenvalue weighted by molar-refractivity contribution is 6.31. The summed E-state index contributed by atoms with van der Waals surface area (Å²) in [5, 5.41) is 0.539. The van der Waals surface area contributed by atoms with E-state index in [4.69, 9.17) is 11.6 Å². The first kappa shape index (κ1) is 13.6. The van der Waals surface area contributed by atoms with Crippen molar-refractivity contribution in [3.63, 3.8) is 0 Å². The number of carbonyl (C=O) groups is 2. The van der Waals surface area contributed by atoms with Crippen LogP contribution in [0.3, 0.4) is 0 Å². The second-order valence-electron chi connectivity index (χ2n) is 5.52. The molecule has 1 aromatic rings. The summed E-state index contributed by atoms with van der Waals surface area (Å²) in [6.07, 6.45) is 3.84. The topological polar surface area (TPSA) is 41.8 Å². The highest BCUT2D eigenvalue weighted by atomic mass is 35.5. The van der Waals surface area contributed by atoms with E-state index in [9.17, 15) is 9.59 Å². The van der Waals surface area contributed by atoms with Crippen molar-refractivity contribution in [1.29, 1.82) is 0 Å². The van der Waals surface area contributed by atoms with E-state index in [1.807, 2.05) is 0 Å². The Morgan fingerprint density at radius 3 is 2.60 bits per heavy atom. The SMILES string of the molecule is O=C1C[C@H]([NH+]2CCCCC2)C(=O)N1c1cccc(Cl)c1. The highest BCUT2D eigenvalue weighted by Crippen LogP contribution is 2.24. The number of hydrogen-bond acceptors (Lipinski definition) is 2. The number of amides is 2. The van der Waals surface area contributed by atoms with Crippen molar-refractivity contribution in [3.8, 4) is 0 Å². The summed E-state index contributed by atoms with van der Waals surface area (Å²) < 4.78 is 0. The summed E-state index contributed by atoms with van der Waals surface area (Å²) in [6.45, 7) is 1.99. The third-order valence-electron chi connectivity index (χ3n) is 4.20. The van der Waals surface area contributed by atoms with Gasteiger partial charge in [0.1, 0.15) is 0 Å². The third kappa shape index (κ3) is 2.45. The molecule has 106 valence electrons. The first-order valence-electron chi connectivity index (χ1n) is 7.14. The molecule has 4 nitrogen and oxygen atoms in total. The Kier molecular flexibility index (Phi) is 3.76. The number of rotatable bonds is 2. The van der Waals surface area contributed by atoms with Gasteiger partial charge in [-0.15, -0.1) is 0 Å². The molecule has 1 aromatic carbocycles. The maximum atomic E-state index is 12.6. The van der Waals surface area contributed by atoms with Crippen LogP contribution in [0.4, 0.5) is 5.69 Å². The molecule has 2 aliphatic heterocycles. The zero-order chi connectivity index (χ0) is 14.1. The van der Waals surface area contributed by atoms with Crippen LogP contribution in [0.5, 0.6) is 0 Å². The van der Waals surface area contributed by atoms with Crippen LogP contribution in [0.25, 0.3) is 0 Å². The first-order valence-corrected chi connectivity index (χ1v) is 7.51. The largest absolute Gasteiger partial charge is 0.324 e. The standard InChI is InChI=1S/C15H17ClN2O2/c16-11-5-4-6-12(9-11)18-14(19)10-13(15(18)20)17-7-2-1-3-8-17/h4-6,9,13H,1-3,7-8,10H2/p+1/t13-/m0/s1. The Morgan fingerprint density at radius 1 is 1.15 bits per heavy atom. The van der Waals surface area contributed by atoms with Crippen LogP contribution >= 0.6 is 11.6 Å². The first-order chi connectivity index (χ1) is 9.66. The Hall–Kier alpha value is -1.39. The maximum absolute atomic E-state index is 12.6. The van der Waals surface area contributed by atoms with Gasteiger partial charge in [0.05, 0.1) is 25.2 Å². The van der Waals surface area contributed by atoms with E-state index in [-0.39, 0.29) is 17.9 Å². The van der Waals surface area contributed by atoms with Gasteiger partial charge in [-0.2, -0.15) is 0 Å². The second kappa shape index (κ2) is 5.54. The van der Waals surface area contributed by atoms with E-state index in [1.165, 1.54) is 16.2 Å². The summed E-state index contributed by atoms with van der Waals surface area (Å²) in [5.41, 5.74) is 0.589. The molecule has 5 heteroatoms. The Bertz CT molecular complexity index is 540. The van der Waals surface area contributed by atoms with Gasteiger partial charge in [0.2, 0.25) is 5.91 Å².